The highest BCUT2D eigenvalue weighted by molar-refractivity contribution is 5.37. The Kier molecular flexibility index (Phi) is 3.93. The van der Waals surface area contributed by atoms with Gasteiger partial charge in [0.25, 0.3) is 0 Å². The van der Waals surface area contributed by atoms with Gasteiger partial charge in [-0.05, 0) is 43.6 Å². The molecule has 15 heavy (non-hydrogen) atoms. The van der Waals surface area contributed by atoms with Gasteiger partial charge in [0.1, 0.15) is 11.6 Å². The highest BCUT2D eigenvalue weighted by Gasteiger charge is 2.01. The van der Waals surface area contributed by atoms with Crippen LogP contribution in [0.4, 0.5) is 4.39 Å². The lowest BCUT2D eigenvalue weighted by atomic mass is 10.0. The van der Waals surface area contributed by atoms with Crippen molar-refractivity contribution in [1.29, 1.82) is 0 Å². The van der Waals surface area contributed by atoms with E-state index in [0.29, 0.717) is 0 Å². The van der Waals surface area contributed by atoms with Gasteiger partial charge >= 0.3 is 0 Å². The summed E-state index contributed by atoms with van der Waals surface area (Å²) in [7, 11) is 0. The van der Waals surface area contributed by atoms with Crippen molar-refractivity contribution < 1.29 is 9.50 Å². The van der Waals surface area contributed by atoms with Gasteiger partial charge in [-0.3, -0.25) is 0 Å². The number of hydrogen-bond acceptors (Lipinski definition) is 1. The van der Waals surface area contributed by atoms with Crippen molar-refractivity contribution in [2.24, 2.45) is 0 Å². The van der Waals surface area contributed by atoms with Crippen LogP contribution in [0.5, 0.6) is 0 Å². The molecular weight excluding hydrogens is 191 g/mol. The summed E-state index contributed by atoms with van der Waals surface area (Å²) in [6.45, 7) is 1.55. The number of aliphatic hydroxyl groups excluding tert-OH is 1. The summed E-state index contributed by atoms with van der Waals surface area (Å²) in [4.78, 5) is 0. The molecule has 0 aromatic rings. The Morgan fingerprint density at radius 1 is 1.67 bits per heavy atom. The van der Waals surface area contributed by atoms with E-state index in [9.17, 15) is 9.50 Å². The lowest BCUT2D eigenvalue weighted by molar-refractivity contribution is 0.426. The maximum absolute atomic E-state index is 13.2. The molecule has 1 nitrogen and oxygen atoms in total. The summed E-state index contributed by atoms with van der Waals surface area (Å²) >= 11 is 0. The molecule has 0 spiro atoms. The van der Waals surface area contributed by atoms with E-state index < -0.39 is 5.83 Å². The molecule has 0 radical (unpaired) electrons. The number of terminal acetylenes is 1. The molecular formula is C13H13FO. The molecule has 0 saturated heterocycles. The smallest absolute Gasteiger partial charge is 0.134 e. The maximum Gasteiger partial charge on any atom is 0.134 e. The zero-order chi connectivity index (χ0) is 11.3. The normalized spacial score (nSPS) is 17.9. The van der Waals surface area contributed by atoms with E-state index >= 15 is 0 Å². The van der Waals surface area contributed by atoms with Crippen molar-refractivity contribution in [2.75, 3.05) is 0 Å². The Labute approximate surface area is 89.3 Å². The Morgan fingerprint density at radius 3 is 3.00 bits per heavy atom. The van der Waals surface area contributed by atoms with Crippen molar-refractivity contribution >= 4 is 0 Å². The highest BCUT2D eigenvalue weighted by Crippen LogP contribution is 2.18. The summed E-state index contributed by atoms with van der Waals surface area (Å²) in [6, 6.07) is 0. The van der Waals surface area contributed by atoms with Crippen LogP contribution in [-0.4, -0.2) is 5.11 Å². The Balaban J connectivity index is 2.76. The Morgan fingerprint density at radius 2 is 2.40 bits per heavy atom. The number of allylic oxidation sites excluding steroid dienone is 7. The summed E-state index contributed by atoms with van der Waals surface area (Å²) in [5.74, 6) is 2.06. The number of rotatable bonds is 2. The van der Waals surface area contributed by atoms with Crippen LogP contribution >= 0.6 is 0 Å². The molecule has 0 heterocycles. The van der Waals surface area contributed by atoms with Crippen LogP contribution < -0.4 is 0 Å². The molecule has 0 aromatic heterocycles. The molecule has 0 aromatic carbocycles. The first kappa shape index (κ1) is 11.3. The molecule has 1 N–H and O–H groups in total. The van der Waals surface area contributed by atoms with E-state index in [-0.39, 0.29) is 11.3 Å². The number of aliphatic hydroxyl groups is 1. The van der Waals surface area contributed by atoms with Gasteiger partial charge in [-0.25, -0.2) is 4.39 Å². The van der Waals surface area contributed by atoms with Gasteiger partial charge in [-0.2, -0.15) is 0 Å². The lowest BCUT2D eigenvalue weighted by Gasteiger charge is -2.05. The highest BCUT2D eigenvalue weighted by atomic mass is 19.1. The molecule has 0 aliphatic heterocycles. The quantitative estimate of drug-likeness (QED) is 0.538. The minimum absolute atomic E-state index is 0.235. The van der Waals surface area contributed by atoms with Crippen LogP contribution in [0.1, 0.15) is 19.8 Å². The van der Waals surface area contributed by atoms with Gasteiger partial charge in [0.2, 0.25) is 0 Å². The third kappa shape index (κ3) is 3.47. The summed E-state index contributed by atoms with van der Waals surface area (Å²) < 4.78 is 13.2. The van der Waals surface area contributed by atoms with Gasteiger partial charge in [0.15, 0.2) is 0 Å². The Bertz CT molecular complexity index is 403. The lowest BCUT2D eigenvalue weighted by Crippen LogP contribution is -1.89. The van der Waals surface area contributed by atoms with E-state index in [1.807, 2.05) is 0 Å². The monoisotopic (exact) mass is 204 g/mol. The molecule has 0 saturated carbocycles. The minimum Gasteiger partial charge on any atom is -0.508 e. The largest absolute Gasteiger partial charge is 0.508 e. The summed E-state index contributed by atoms with van der Waals surface area (Å²) in [5.41, 5.74) is 1.18. The van der Waals surface area contributed by atoms with Gasteiger partial charge in [-0.1, -0.05) is 12.0 Å². The number of hydrogen-bond donors (Lipinski definition) is 1. The predicted octanol–water partition coefficient (Wildman–Crippen LogP) is 3.58. The van der Waals surface area contributed by atoms with Crippen LogP contribution in [0.3, 0.4) is 0 Å². The molecule has 0 amide bonds. The fourth-order valence-corrected chi connectivity index (χ4v) is 1.21. The molecule has 0 bridgehead atoms. The maximum atomic E-state index is 13.2. The minimum atomic E-state index is -0.410. The zero-order valence-corrected chi connectivity index (χ0v) is 8.63. The third-order valence-corrected chi connectivity index (χ3v) is 2.14. The second kappa shape index (κ2) is 5.21. The van der Waals surface area contributed by atoms with Crippen LogP contribution in [-0.2, 0) is 0 Å². The molecule has 1 aliphatic carbocycles. The van der Waals surface area contributed by atoms with Crippen LogP contribution in [0.25, 0.3) is 0 Å². The fraction of sp³-hybridized carbons (Fsp3) is 0.231. The molecule has 0 unspecified atom stereocenters. The van der Waals surface area contributed by atoms with E-state index in [0.717, 1.165) is 18.4 Å². The number of halogens is 1. The second-order valence-corrected chi connectivity index (χ2v) is 3.34. The van der Waals surface area contributed by atoms with Gasteiger partial charge < -0.3 is 5.11 Å². The van der Waals surface area contributed by atoms with Crippen molar-refractivity contribution in [2.45, 2.75) is 19.8 Å². The van der Waals surface area contributed by atoms with Crippen LogP contribution in [0, 0.1) is 12.3 Å². The van der Waals surface area contributed by atoms with Crippen molar-refractivity contribution in [3.63, 3.8) is 0 Å². The van der Waals surface area contributed by atoms with Crippen molar-refractivity contribution in [3.8, 4) is 12.3 Å². The second-order valence-electron chi connectivity index (χ2n) is 3.34. The van der Waals surface area contributed by atoms with E-state index in [1.165, 1.54) is 6.08 Å². The van der Waals surface area contributed by atoms with Crippen molar-refractivity contribution in [1.82, 2.24) is 0 Å². The average molecular weight is 204 g/mol. The predicted molar refractivity (Wildman–Crippen MR) is 59.8 cm³/mol. The topological polar surface area (TPSA) is 20.2 Å². The van der Waals surface area contributed by atoms with Crippen LogP contribution in [0.15, 0.2) is 47.0 Å². The molecule has 0 fully saturated rings. The van der Waals surface area contributed by atoms with Gasteiger partial charge in [0.05, 0.1) is 0 Å². The standard InChI is InChI=1S/C13H13FO/c1-3-10(2)13(14)8-7-11-5-4-6-12(15)9-11/h1,6-9,15H,4-5H2,2H3/b8-7-,13-10-. The van der Waals surface area contributed by atoms with Gasteiger partial charge in [0, 0.05) is 5.57 Å². The van der Waals surface area contributed by atoms with Gasteiger partial charge in [-0.15, -0.1) is 6.42 Å². The molecule has 1 rings (SSSR count). The molecule has 0 atom stereocenters. The molecule has 1 aliphatic rings. The van der Waals surface area contributed by atoms with Crippen LogP contribution in [0.2, 0.25) is 0 Å². The molecule has 2 heteroatoms. The first-order chi connectivity index (χ1) is 7.13. The van der Waals surface area contributed by atoms with E-state index in [1.54, 1.807) is 25.2 Å². The fourth-order valence-electron chi connectivity index (χ4n) is 1.21. The summed E-state index contributed by atoms with van der Waals surface area (Å²) in [5, 5.41) is 9.21. The Hall–Kier alpha value is -1.75. The SMILES string of the molecule is C#C/C(C)=C(F)/C=C\C1=CC(O)=CCC1. The first-order valence-corrected chi connectivity index (χ1v) is 4.74. The van der Waals surface area contributed by atoms with E-state index in [4.69, 9.17) is 6.42 Å². The average Bonchev–Trinajstić information content (AvgIpc) is 2.25. The summed E-state index contributed by atoms with van der Waals surface area (Å²) in [6.07, 6.45) is 13.0. The third-order valence-electron chi connectivity index (χ3n) is 2.14. The molecule has 78 valence electrons. The van der Waals surface area contributed by atoms with E-state index in [2.05, 4.69) is 5.92 Å². The van der Waals surface area contributed by atoms with Crippen molar-refractivity contribution in [3.05, 3.63) is 47.0 Å². The zero-order valence-electron chi connectivity index (χ0n) is 8.63. The first-order valence-electron chi connectivity index (χ1n) is 4.74.